The van der Waals surface area contributed by atoms with Crippen LogP contribution in [0.3, 0.4) is 0 Å². The molecule has 1 atom stereocenters. The lowest BCUT2D eigenvalue weighted by Gasteiger charge is -2.28. The van der Waals surface area contributed by atoms with Crippen molar-refractivity contribution in [3.8, 4) is 0 Å². The van der Waals surface area contributed by atoms with Crippen molar-refractivity contribution in [2.24, 2.45) is 16.8 Å². The first kappa shape index (κ1) is 14.2. The zero-order chi connectivity index (χ0) is 12.5. The Morgan fingerprint density at radius 1 is 1.59 bits per heavy atom. The Bertz CT molecular complexity index is 234. The zero-order valence-corrected chi connectivity index (χ0v) is 10.9. The van der Waals surface area contributed by atoms with Gasteiger partial charge in [-0.1, -0.05) is 0 Å². The average Bonchev–Trinajstić information content (AvgIpc) is 2.34. The van der Waals surface area contributed by atoms with Crippen molar-refractivity contribution in [3.05, 3.63) is 0 Å². The molecular weight excluding hydrogens is 218 g/mol. The minimum atomic E-state index is 0.640. The van der Waals surface area contributed by atoms with Crippen LogP contribution in [0.15, 0.2) is 4.99 Å². The highest BCUT2D eigenvalue weighted by Crippen LogP contribution is 2.14. The molecule has 1 fully saturated rings. The summed E-state index contributed by atoms with van der Waals surface area (Å²) in [5.74, 6) is 6.69. The molecule has 6 nitrogen and oxygen atoms in total. The molecule has 0 amide bonds. The van der Waals surface area contributed by atoms with E-state index in [1.807, 2.05) is 0 Å². The second-order valence-electron chi connectivity index (χ2n) is 4.52. The van der Waals surface area contributed by atoms with E-state index in [2.05, 4.69) is 27.7 Å². The zero-order valence-electron chi connectivity index (χ0n) is 10.9. The first-order chi connectivity index (χ1) is 8.26. The van der Waals surface area contributed by atoms with E-state index in [1.54, 1.807) is 7.11 Å². The molecule has 0 aromatic heterocycles. The average molecular weight is 243 g/mol. The van der Waals surface area contributed by atoms with E-state index in [9.17, 15) is 0 Å². The summed E-state index contributed by atoms with van der Waals surface area (Å²) in [5.41, 5.74) is 2.58. The number of piperidine rings is 1. The molecule has 6 heteroatoms. The molecule has 1 aliphatic heterocycles. The quantitative estimate of drug-likeness (QED) is 0.197. The summed E-state index contributed by atoms with van der Waals surface area (Å²) in [6, 6.07) is 0. The maximum Gasteiger partial charge on any atom is 0.205 e. The Labute approximate surface area is 104 Å². The SMILES string of the molecule is COCCNC(=NCC1CCCN(C)C1)NN. The predicted molar refractivity (Wildman–Crippen MR) is 69.7 cm³/mol. The van der Waals surface area contributed by atoms with Gasteiger partial charge in [0.15, 0.2) is 0 Å². The second-order valence-corrected chi connectivity index (χ2v) is 4.52. The first-order valence-corrected chi connectivity index (χ1v) is 6.18. The summed E-state index contributed by atoms with van der Waals surface area (Å²) < 4.78 is 4.95. The van der Waals surface area contributed by atoms with Gasteiger partial charge in [-0.2, -0.15) is 0 Å². The Morgan fingerprint density at radius 2 is 2.41 bits per heavy atom. The molecule has 0 aromatic carbocycles. The summed E-state index contributed by atoms with van der Waals surface area (Å²) in [6.07, 6.45) is 2.52. The minimum Gasteiger partial charge on any atom is -0.383 e. The van der Waals surface area contributed by atoms with Gasteiger partial charge in [0.25, 0.3) is 0 Å². The molecule has 1 saturated heterocycles. The molecule has 0 bridgehead atoms. The second kappa shape index (κ2) is 8.27. The van der Waals surface area contributed by atoms with Gasteiger partial charge in [-0.25, -0.2) is 5.84 Å². The molecule has 1 unspecified atom stereocenters. The van der Waals surface area contributed by atoms with Crippen LogP contribution in [0.5, 0.6) is 0 Å². The number of methoxy groups -OCH3 is 1. The highest BCUT2D eigenvalue weighted by Gasteiger charge is 2.16. The standard InChI is InChI=1S/C11H25N5O/c1-16-6-3-4-10(9-16)8-14-11(15-12)13-5-7-17-2/h10H,3-9,12H2,1-2H3,(H2,13,14,15). The lowest BCUT2D eigenvalue weighted by Crippen LogP contribution is -2.43. The summed E-state index contributed by atoms with van der Waals surface area (Å²) in [6.45, 7) is 4.51. The molecule has 1 rings (SSSR count). The van der Waals surface area contributed by atoms with Gasteiger partial charge >= 0.3 is 0 Å². The van der Waals surface area contributed by atoms with E-state index in [-0.39, 0.29) is 0 Å². The van der Waals surface area contributed by atoms with Gasteiger partial charge in [0.05, 0.1) is 6.61 Å². The van der Waals surface area contributed by atoms with E-state index in [0.717, 1.165) is 13.1 Å². The Balaban J connectivity index is 2.27. The van der Waals surface area contributed by atoms with E-state index < -0.39 is 0 Å². The third kappa shape index (κ3) is 5.86. The van der Waals surface area contributed by atoms with Crippen molar-refractivity contribution in [3.63, 3.8) is 0 Å². The van der Waals surface area contributed by atoms with E-state index in [1.165, 1.54) is 19.4 Å². The fourth-order valence-corrected chi connectivity index (χ4v) is 2.07. The van der Waals surface area contributed by atoms with Crippen LogP contribution in [0.25, 0.3) is 0 Å². The van der Waals surface area contributed by atoms with Crippen LogP contribution in [0, 0.1) is 5.92 Å². The number of aliphatic imine (C=N–C) groups is 1. The van der Waals surface area contributed by atoms with Gasteiger partial charge < -0.3 is 15.0 Å². The molecule has 0 aromatic rings. The normalized spacial score (nSPS) is 22.5. The summed E-state index contributed by atoms with van der Waals surface area (Å²) in [5, 5.41) is 3.10. The van der Waals surface area contributed by atoms with Crippen molar-refractivity contribution in [1.82, 2.24) is 15.6 Å². The Morgan fingerprint density at radius 3 is 3.06 bits per heavy atom. The molecule has 0 spiro atoms. The van der Waals surface area contributed by atoms with Crippen LogP contribution in [0.4, 0.5) is 0 Å². The molecule has 1 heterocycles. The number of hydrogen-bond donors (Lipinski definition) is 3. The number of nitrogens with two attached hydrogens (primary N) is 1. The third-order valence-electron chi connectivity index (χ3n) is 2.97. The van der Waals surface area contributed by atoms with Crippen molar-refractivity contribution >= 4 is 5.96 Å². The number of guanidine groups is 1. The highest BCUT2D eigenvalue weighted by atomic mass is 16.5. The van der Waals surface area contributed by atoms with Crippen LogP contribution in [0.2, 0.25) is 0 Å². The number of hydrogen-bond acceptors (Lipinski definition) is 4. The number of nitrogens with one attached hydrogen (secondary N) is 2. The van der Waals surface area contributed by atoms with E-state index in [4.69, 9.17) is 10.6 Å². The van der Waals surface area contributed by atoms with Gasteiger partial charge in [-0.15, -0.1) is 0 Å². The van der Waals surface area contributed by atoms with Gasteiger partial charge in [-0.3, -0.25) is 10.4 Å². The third-order valence-corrected chi connectivity index (χ3v) is 2.97. The molecule has 0 radical (unpaired) electrons. The summed E-state index contributed by atoms with van der Waals surface area (Å²) in [4.78, 5) is 6.82. The van der Waals surface area contributed by atoms with Gasteiger partial charge in [0.1, 0.15) is 0 Å². The van der Waals surface area contributed by atoms with Gasteiger partial charge in [0.2, 0.25) is 5.96 Å². The number of nitrogens with zero attached hydrogens (tertiary/aromatic N) is 2. The van der Waals surface area contributed by atoms with E-state index in [0.29, 0.717) is 25.0 Å². The smallest absolute Gasteiger partial charge is 0.205 e. The monoisotopic (exact) mass is 243 g/mol. The van der Waals surface area contributed by atoms with Crippen molar-refractivity contribution in [2.75, 3.05) is 46.9 Å². The molecular formula is C11H25N5O. The largest absolute Gasteiger partial charge is 0.383 e. The Kier molecular flexibility index (Phi) is 6.91. The number of hydrazine groups is 1. The molecule has 1 aliphatic rings. The number of likely N-dealkylation sites (tertiary alicyclic amines) is 1. The van der Waals surface area contributed by atoms with Crippen LogP contribution < -0.4 is 16.6 Å². The van der Waals surface area contributed by atoms with Gasteiger partial charge in [0, 0.05) is 26.7 Å². The first-order valence-electron chi connectivity index (χ1n) is 6.18. The van der Waals surface area contributed by atoms with Gasteiger partial charge in [-0.05, 0) is 32.4 Å². The maximum absolute atomic E-state index is 5.40. The predicted octanol–water partition coefficient (Wildman–Crippen LogP) is -0.616. The number of ether oxygens (including phenoxy) is 1. The van der Waals surface area contributed by atoms with Crippen molar-refractivity contribution in [2.45, 2.75) is 12.8 Å². The van der Waals surface area contributed by atoms with Crippen LogP contribution >= 0.6 is 0 Å². The van der Waals surface area contributed by atoms with E-state index >= 15 is 0 Å². The Hall–Kier alpha value is -0.850. The fourth-order valence-electron chi connectivity index (χ4n) is 2.07. The highest BCUT2D eigenvalue weighted by molar-refractivity contribution is 5.79. The molecule has 4 N–H and O–H groups in total. The molecule has 0 aliphatic carbocycles. The lowest BCUT2D eigenvalue weighted by atomic mass is 9.99. The lowest BCUT2D eigenvalue weighted by molar-refractivity contribution is 0.203. The maximum atomic E-state index is 5.40. The number of rotatable bonds is 5. The van der Waals surface area contributed by atoms with Crippen LogP contribution in [-0.2, 0) is 4.74 Å². The van der Waals surface area contributed by atoms with Crippen LogP contribution in [0.1, 0.15) is 12.8 Å². The van der Waals surface area contributed by atoms with Crippen LogP contribution in [-0.4, -0.2) is 57.8 Å². The van der Waals surface area contributed by atoms with Crippen molar-refractivity contribution in [1.29, 1.82) is 0 Å². The topological polar surface area (TPSA) is 74.9 Å². The summed E-state index contributed by atoms with van der Waals surface area (Å²) in [7, 11) is 3.83. The fraction of sp³-hybridized carbons (Fsp3) is 0.909. The minimum absolute atomic E-state index is 0.640. The summed E-state index contributed by atoms with van der Waals surface area (Å²) >= 11 is 0. The molecule has 0 saturated carbocycles. The van der Waals surface area contributed by atoms with Crippen molar-refractivity contribution < 1.29 is 4.74 Å². The molecule has 100 valence electrons. The molecule has 17 heavy (non-hydrogen) atoms.